The summed E-state index contributed by atoms with van der Waals surface area (Å²) >= 11 is 12.7. The van der Waals surface area contributed by atoms with Crippen molar-refractivity contribution >= 4 is 51.5 Å². The molecule has 1 aliphatic rings. The van der Waals surface area contributed by atoms with Gasteiger partial charge in [-0.2, -0.15) is 0 Å². The number of ether oxygens (including phenoxy) is 2. The van der Waals surface area contributed by atoms with Crippen LogP contribution in [0.25, 0.3) is 11.0 Å². The van der Waals surface area contributed by atoms with E-state index in [1.54, 1.807) is 55.8 Å². The number of aromatic nitrogens is 3. The van der Waals surface area contributed by atoms with Crippen molar-refractivity contribution in [3.05, 3.63) is 70.1 Å². The number of aliphatic hydroxyl groups excluding tert-OH is 1. The lowest BCUT2D eigenvalue weighted by Gasteiger charge is -2.35. The van der Waals surface area contributed by atoms with E-state index in [2.05, 4.69) is 25.6 Å². The summed E-state index contributed by atoms with van der Waals surface area (Å²) in [6.45, 7) is 1.89. The van der Waals surface area contributed by atoms with Crippen molar-refractivity contribution < 1.29 is 19.4 Å². The van der Waals surface area contributed by atoms with E-state index in [4.69, 9.17) is 32.7 Å². The molecule has 0 aliphatic carbocycles. The Morgan fingerprint density at radius 3 is 2.74 bits per heavy atom. The summed E-state index contributed by atoms with van der Waals surface area (Å²) in [6.07, 6.45) is 3.71. The third-order valence-electron chi connectivity index (χ3n) is 5.82. The summed E-state index contributed by atoms with van der Waals surface area (Å²) in [6, 6.07) is 8.30. The van der Waals surface area contributed by atoms with Crippen molar-refractivity contribution in [3.8, 4) is 11.6 Å². The molecule has 1 unspecified atom stereocenters. The summed E-state index contributed by atoms with van der Waals surface area (Å²) in [5, 5.41) is 18.8. The number of halogens is 2. The molecule has 4 aromatic rings. The van der Waals surface area contributed by atoms with Gasteiger partial charge in [0.25, 0.3) is 5.91 Å². The Bertz CT molecular complexity index is 1440. The molecular weight excluding hydrogens is 493 g/mol. The fourth-order valence-corrected chi connectivity index (χ4v) is 4.50. The normalized spacial score (nSPS) is 18.0. The van der Waals surface area contributed by atoms with Crippen LogP contribution in [-0.4, -0.2) is 45.2 Å². The molecule has 35 heavy (non-hydrogen) atoms. The first kappa shape index (κ1) is 23.4. The molecule has 5 rings (SSSR count). The number of nitrogens with zero attached hydrogens (tertiary/aromatic N) is 2. The molecule has 0 radical (unpaired) electrons. The van der Waals surface area contributed by atoms with Crippen LogP contribution in [0.3, 0.4) is 0 Å². The van der Waals surface area contributed by atoms with Crippen LogP contribution in [0, 0.1) is 0 Å². The van der Waals surface area contributed by atoms with Crippen LogP contribution < -0.4 is 15.4 Å². The summed E-state index contributed by atoms with van der Waals surface area (Å²) in [7, 11) is 1.53. The number of aromatic amines is 1. The van der Waals surface area contributed by atoms with E-state index in [-0.39, 0.29) is 18.4 Å². The standard InChI is InChI=1S/C24H21Cl2N5O4/c1-24(11-34-2)23(33)30-17-10-29-21-18(19(17)31-24)14(9-28-21)20(32)13-6-5-12(8-16(13)26)35-22-15(25)4-3-7-27-22/h3-10,20,31-32H,11H2,1-2H3,(H,28,29)(H,30,33)/t20?,24-/m0/s1. The van der Waals surface area contributed by atoms with Crippen LogP contribution in [0.4, 0.5) is 11.4 Å². The average Bonchev–Trinajstić information content (AvgIpc) is 3.26. The number of carbonyl (C=O) groups excluding carboxylic acids is 1. The Labute approximate surface area is 210 Å². The van der Waals surface area contributed by atoms with Crippen LogP contribution in [-0.2, 0) is 9.53 Å². The van der Waals surface area contributed by atoms with Crippen molar-refractivity contribution in [1.29, 1.82) is 0 Å². The van der Waals surface area contributed by atoms with Gasteiger partial charge >= 0.3 is 0 Å². The van der Waals surface area contributed by atoms with Gasteiger partial charge in [0.2, 0.25) is 5.88 Å². The summed E-state index contributed by atoms with van der Waals surface area (Å²) in [5.41, 5.74) is 1.68. The monoisotopic (exact) mass is 513 g/mol. The zero-order valence-electron chi connectivity index (χ0n) is 18.7. The maximum atomic E-state index is 12.6. The largest absolute Gasteiger partial charge is 0.437 e. The lowest BCUT2D eigenvalue weighted by atomic mass is 9.95. The Hall–Kier alpha value is -3.37. The molecule has 0 spiro atoms. The van der Waals surface area contributed by atoms with Crippen molar-refractivity contribution in [3.63, 3.8) is 0 Å². The quantitative estimate of drug-likeness (QED) is 0.289. The maximum Gasteiger partial charge on any atom is 0.252 e. The number of carbonyl (C=O) groups is 1. The van der Waals surface area contributed by atoms with Crippen LogP contribution in [0.15, 0.2) is 48.9 Å². The first-order chi connectivity index (χ1) is 16.8. The molecule has 1 aromatic carbocycles. The molecule has 0 fully saturated rings. The molecular formula is C24H21Cl2N5O4. The van der Waals surface area contributed by atoms with Gasteiger partial charge in [-0.25, -0.2) is 9.97 Å². The number of aliphatic hydroxyl groups is 1. The topological polar surface area (TPSA) is 121 Å². The Balaban J connectivity index is 1.51. The Morgan fingerprint density at radius 2 is 2.00 bits per heavy atom. The number of amides is 1. The zero-order chi connectivity index (χ0) is 24.7. The molecule has 0 saturated heterocycles. The lowest BCUT2D eigenvalue weighted by molar-refractivity contribution is -0.121. The van der Waals surface area contributed by atoms with Crippen molar-refractivity contribution in [2.75, 3.05) is 24.4 Å². The highest BCUT2D eigenvalue weighted by atomic mass is 35.5. The fraction of sp³-hybridized carbons (Fsp3) is 0.208. The van der Waals surface area contributed by atoms with Crippen molar-refractivity contribution in [1.82, 2.24) is 15.0 Å². The second-order valence-electron chi connectivity index (χ2n) is 8.34. The van der Waals surface area contributed by atoms with E-state index in [0.29, 0.717) is 49.3 Å². The Kier molecular flexibility index (Phi) is 6.02. The van der Waals surface area contributed by atoms with Gasteiger partial charge in [0.05, 0.1) is 34.6 Å². The second-order valence-corrected chi connectivity index (χ2v) is 9.15. The van der Waals surface area contributed by atoms with Gasteiger partial charge in [-0.05, 0) is 31.2 Å². The number of pyridine rings is 2. The van der Waals surface area contributed by atoms with Crippen molar-refractivity contribution in [2.24, 2.45) is 0 Å². The predicted octanol–water partition coefficient (Wildman–Crippen LogP) is 4.91. The molecule has 1 aliphatic heterocycles. The molecule has 1 amide bonds. The van der Waals surface area contributed by atoms with Crippen LogP contribution in [0.5, 0.6) is 11.6 Å². The minimum Gasteiger partial charge on any atom is -0.437 e. The maximum absolute atomic E-state index is 12.6. The number of hydrogen-bond acceptors (Lipinski definition) is 7. The van der Waals surface area contributed by atoms with Crippen LogP contribution >= 0.6 is 23.2 Å². The molecule has 0 saturated carbocycles. The number of rotatable bonds is 6. The summed E-state index contributed by atoms with van der Waals surface area (Å²) in [4.78, 5) is 24.2. The Morgan fingerprint density at radius 1 is 1.17 bits per heavy atom. The third-order valence-corrected chi connectivity index (χ3v) is 6.43. The number of fused-ring (bicyclic) bond motifs is 3. The number of benzene rings is 1. The van der Waals surface area contributed by atoms with Gasteiger partial charge in [-0.3, -0.25) is 4.79 Å². The molecule has 0 bridgehead atoms. The van der Waals surface area contributed by atoms with Crippen molar-refractivity contribution in [2.45, 2.75) is 18.6 Å². The summed E-state index contributed by atoms with van der Waals surface area (Å²) < 4.78 is 11.0. The van der Waals surface area contributed by atoms with Crippen LogP contribution in [0.1, 0.15) is 24.2 Å². The second kappa shape index (κ2) is 9.01. The molecule has 3 aromatic heterocycles. The van der Waals surface area contributed by atoms with E-state index in [9.17, 15) is 9.90 Å². The first-order valence-corrected chi connectivity index (χ1v) is 11.4. The minimum absolute atomic E-state index is 0.151. The molecule has 4 N–H and O–H groups in total. The van der Waals surface area contributed by atoms with Gasteiger partial charge in [-0.1, -0.05) is 29.3 Å². The predicted molar refractivity (Wildman–Crippen MR) is 133 cm³/mol. The molecule has 2 atom stereocenters. The van der Waals surface area contributed by atoms with E-state index in [1.807, 2.05) is 0 Å². The number of anilines is 2. The highest BCUT2D eigenvalue weighted by Gasteiger charge is 2.39. The van der Waals surface area contributed by atoms with Crippen LogP contribution in [0.2, 0.25) is 10.0 Å². The highest BCUT2D eigenvalue weighted by Crippen LogP contribution is 2.42. The zero-order valence-corrected chi connectivity index (χ0v) is 20.2. The van der Waals surface area contributed by atoms with Gasteiger partial charge < -0.3 is 30.2 Å². The van der Waals surface area contributed by atoms with E-state index < -0.39 is 11.6 Å². The SMILES string of the molecule is COC[C@]1(C)Nc2c(cnc3[nH]cc(C(O)c4ccc(Oc5ncccc5Cl)cc4Cl)c23)NC1=O. The highest BCUT2D eigenvalue weighted by molar-refractivity contribution is 6.32. The third kappa shape index (κ3) is 4.17. The van der Waals surface area contributed by atoms with Gasteiger partial charge in [0.15, 0.2) is 0 Å². The number of nitrogens with one attached hydrogen (secondary N) is 3. The minimum atomic E-state index is -1.09. The van der Waals surface area contributed by atoms with Gasteiger partial charge in [0.1, 0.15) is 28.1 Å². The molecule has 4 heterocycles. The van der Waals surface area contributed by atoms with Gasteiger partial charge in [-0.15, -0.1) is 0 Å². The number of hydrogen-bond donors (Lipinski definition) is 4. The van der Waals surface area contributed by atoms with E-state index >= 15 is 0 Å². The smallest absolute Gasteiger partial charge is 0.252 e. The van der Waals surface area contributed by atoms with Gasteiger partial charge in [0, 0.05) is 30.6 Å². The molecule has 11 heteroatoms. The van der Waals surface area contributed by atoms with E-state index in [1.165, 1.54) is 7.11 Å². The first-order valence-electron chi connectivity index (χ1n) is 10.6. The average molecular weight is 514 g/mol. The number of methoxy groups -OCH3 is 1. The fourth-order valence-electron chi connectivity index (χ4n) is 4.06. The van der Waals surface area contributed by atoms with E-state index in [0.717, 1.165) is 0 Å². The molecule has 180 valence electrons. The number of H-pyrrole nitrogens is 1. The summed E-state index contributed by atoms with van der Waals surface area (Å²) in [5.74, 6) is 0.432. The molecule has 9 nitrogen and oxygen atoms in total. The lowest BCUT2D eigenvalue weighted by Crippen LogP contribution is -2.53.